The van der Waals surface area contributed by atoms with E-state index >= 15 is 0 Å². The second kappa shape index (κ2) is 7.55. The quantitative estimate of drug-likeness (QED) is 0.734. The Bertz CT molecular complexity index is 1050. The average molecular weight is 419 g/mol. The zero-order valence-electron chi connectivity index (χ0n) is 14.7. The van der Waals surface area contributed by atoms with Gasteiger partial charge in [-0.25, -0.2) is 8.42 Å². The third-order valence-corrected chi connectivity index (χ3v) is 7.05. The molecule has 0 spiro atoms. The minimum Gasteiger partial charge on any atom is -0.457 e. The second-order valence-corrected chi connectivity index (χ2v) is 9.13. The summed E-state index contributed by atoms with van der Waals surface area (Å²) in [6.45, 7) is 1.50. The van der Waals surface area contributed by atoms with E-state index in [0.717, 1.165) is 17.3 Å². The third-order valence-electron chi connectivity index (χ3n) is 4.31. The van der Waals surface area contributed by atoms with Gasteiger partial charge in [0.1, 0.15) is 11.5 Å². The summed E-state index contributed by atoms with van der Waals surface area (Å²) >= 11 is 1.04. The first-order valence-corrected chi connectivity index (χ1v) is 10.8. The molecule has 1 aromatic carbocycles. The number of hydrogen-bond donors (Lipinski definition) is 2. The number of amidine groups is 1. The van der Waals surface area contributed by atoms with Crippen molar-refractivity contribution in [1.82, 2.24) is 9.62 Å². The Morgan fingerprint density at radius 1 is 1.11 bits per heavy atom. The summed E-state index contributed by atoms with van der Waals surface area (Å²) in [6, 6.07) is 9.97. The summed E-state index contributed by atoms with van der Waals surface area (Å²) in [6.07, 6.45) is 1.57. The van der Waals surface area contributed by atoms with E-state index in [4.69, 9.17) is 14.6 Å². The number of hydrogen-bond acceptors (Lipinski definition) is 7. The summed E-state index contributed by atoms with van der Waals surface area (Å²) < 4.78 is 37.7. The maximum Gasteiger partial charge on any atom is 0.264 e. The van der Waals surface area contributed by atoms with Gasteiger partial charge in [0.2, 0.25) is 10.0 Å². The van der Waals surface area contributed by atoms with Crippen molar-refractivity contribution in [3.05, 3.63) is 47.1 Å². The largest absolute Gasteiger partial charge is 0.457 e. The molecule has 2 aliphatic heterocycles. The Hall–Kier alpha value is -2.40. The molecule has 3 heterocycles. The minimum absolute atomic E-state index is 0.0834. The molecule has 28 heavy (non-hydrogen) atoms. The molecule has 0 bridgehead atoms. The zero-order chi connectivity index (χ0) is 19.7. The number of carbonyl (C=O) groups excluding carboxylic acids is 1. The number of nitrogens with one attached hydrogen (secondary N) is 2. The molecular formula is C18H17N3O5S2. The molecule has 2 saturated heterocycles. The van der Waals surface area contributed by atoms with Crippen LogP contribution in [0.2, 0.25) is 0 Å². The topological polar surface area (TPSA) is 113 Å². The Morgan fingerprint density at radius 2 is 1.82 bits per heavy atom. The number of furan rings is 1. The SMILES string of the molecule is N=C1NC(=O)/C(=C/c2ccc(-c3ccc(S(=O)(=O)N4CCOCC4)cc3)o2)S1. The Balaban J connectivity index is 1.53. The predicted molar refractivity (Wildman–Crippen MR) is 105 cm³/mol. The summed E-state index contributed by atoms with van der Waals surface area (Å²) in [5, 5.41) is 9.94. The highest BCUT2D eigenvalue weighted by Gasteiger charge is 2.26. The molecule has 146 valence electrons. The number of thioether (sulfide) groups is 1. The van der Waals surface area contributed by atoms with E-state index in [1.807, 2.05) is 0 Å². The van der Waals surface area contributed by atoms with E-state index in [1.165, 1.54) is 4.31 Å². The van der Waals surface area contributed by atoms with E-state index in [0.29, 0.717) is 42.7 Å². The molecule has 2 aromatic rings. The van der Waals surface area contributed by atoms with Crippen molar-refractivity contribution >= 4 is 38.9 Å². The van der Waals surface area contributed by atoms with Crippen LogP contribution in [0.5, 0.6) is 0 Å². The van der Waals surface area contributed by atoms with E-state index in [9.17, 15) is 13.2 Å². The molecule has 10 heteroatoms. The number of carbonyl (C=O) groups is 1. The highest BCUT2D eigenvalue weighted by Crippen LogP contribution is 2.29. The summed E-state index contributed by atoms with van der Waals surface area (Å²) in [5.41, 5.74) is 0.724. The molecular weight excluding hydrogens is 402 g/mol. The summed E-state index contributed by atoms with van der Waals surface area (Å²) in [7, 11) is -3.54. The van der Waals surface area contributed by atoms with E-state index in [2.05, 4.69) is 5.32 Å². The lowest BCUT2D eigenvalue weighted by Crippen LogP contribution is -2.40. The van der Waals surface area contributed by atoms with Crippen molar-refractivity contribution in [2.45, 2.75) is 4.90 Å². The van der Waals surface area contributed by atoms with Crippen molar-refractivity contribution in [3.63, 3.8) is 0 Å². The van der Waals surface area contributed by atoms with Crippen LogP contribution >= 0.6 is 11.8 Å². The second-order valence-electron chi connectivity index (χ2n) is 6.14. The number of nitrogens with zero attached hydrogens (tertiary/aromatic N) is 1. The van der Waals surface area contributed by atoms with Crippen molar-refractivity contribution in [3.8, 4) is 11.3 Å². The maximum absolute atomic E-state index is 12.7. The highest BCUT2D eigenvalue weighted by molar-refractivity contribution is 8.18. The Labute approximate surface area is 166 Å². The van der Waals surface area contributed by atoms with Crippen LogP contribution in [0.1, 0.15) is 5.76 Å². The van der Waals surface area contributed by atoms with Gasteiger partial charge in [0, 0.05) is 24.7 Å². The fourth-order valence-electron chi connectivity index (χ4n) is 2.88. The zero-order valence-corrected chi connectivity index (χ0v) is 16.3. The van der Waals surface area contributed by atoms with Crippen molar-refractivity contribution < 1.29 is 22.4 Å². The lowest BCUT2D eigenvalue weighted by Gasteiger charge is -2.26. The van der Waals surface area contributed by atoms with Gasteiger partial charge in [-0.15, -0.1) is 0 Å². The van der Waals surface area contributed by atoms with Gasteiger partial charge in [0.05, 0.1) is 23.0 Å². The molecule has 0 atom stereocenters. The van der Waals surface area contributed by atoms with Crippen molar-refractivity contribution in [1.29, 1.82) is 5.41 Å². The van der Waals surface area contributed by atoms with Crippen LogP contribution in [0.3, 0.4) is 0 Å². The van der Waals surface area contributed by atoms with Crippen LogP contribution in [0.15, 0.2) is 50.6 Å². The average Bonchev–Trinajstić information content (AvgIpc) is 3.29. The molecule has 2 N–H and O–H groups in total. The lowest BCUT2D eigenvalue weighted by atomic mass is 10.2. The number of sulfonamides is 1. The summed E-state index contributed by atoms with van der Waals surface area (Å²) in [5.74, 6) is 0.707. The minimum atomic E-state index is -3.54. The molecule has 0 saturated carbocycles. The van der Waals surface area contributed by atoms with Crippen LogP contribution in [-0.4, -0.2) is 50.1 Å². The molecule has 2 aliphatic rings. The summed E-state index contributed by atoms with van der Waals surface area (Å²) in [4.78, 5) is 12.3. The van der Waals surface area contributed by atoms with Gasteiger partial charge in [-0.05, 0) is 48.2 Å². The monoisotopic (exact) mass is 419 g/mol. The van der Waals surface area contributed by atoms with Crippen LogP contribution in [0, 0.1) is 5.41 Å². The first-order valence-electron chi connectivity index (χ1n) is 8.51. The molecule has 2 fully saturated rings. The fraction of sp³-hybridized carbons (Fsp3) is 0.222. The molecule has 0 radical (unpaired) electrons. The van der Waals surface area contributed by atoms with Crippen LogP contribution in [0.25, 0.3) is 17.4 Å². The maximum atomic E-state index is 12.7. The normalized spacial score (nSPS) is 19.9. The smallest absolute Gasteiger partial charge is 0.264 e. The van der Waals surface area contributed by atoms with E-state index < -0.39 is 10.0 Å². The van der Waals surface area contributed by atoms with Crippen molar-refractivity contribution in [2.24, 2.45) is 0 Å². The predicted octanol–water partition coefficient (Wildman–Crippen LogP) is 2.11. The number of ether oxygens (including phenoxy) is 1. The molecule has 0 unspecified atom stereocenters. The number of benzene rings is 1. The van der Waals surface area contributed by atoms with Gasteiger partial charge in [-0.2, -0.15) is 4.31 Å². The van der Waals surface area contributed by atoms with Gasteiger partial charge in [0.15, 0.2) is 5.17 Å². The number of morpholine rings is 1. The van der Waals surface area contributed by atoms with Gasteiger partial charge in [0.25, 0.3) is 5.91 Å². The Kier molecular flexibility index (Phi) is 5.11. The Morgan fingerprint density at radius 3 is 2.46 bits per heavy atom. The van der Waals surface area contributed by atoms with Gasteiger partial charge in [-0.1, -0.05) is 0 Å². The van der Waals surface area contributed by atoms with Gasteiger partial charge >= 0.3 is 0 Å². The highest BCUT2D eigenvalue weighted by atomic mass is 32.2. The molecule has 8 nitrogen and oxygen atoms in total. The van der Waals surface area contributed by atoms with Crippen molar-refractivity contribution in [2.75, 3.05) is 26.3 Å². The van der Waals surface area contributed by atoms with Crippen LogP contribution in [0.4, 0.5) is 0 Å². The third kappa shape index (κ3) is 3.76. The molecule has 0 aliphatic carbocycles. The first kappa shape index (κ1) is 18.9. The molecule has 1 aromatic heterocycles. The van der Waals surface area contributed by atoms with E-state index in [-0.39, 0.29) is 16.0 Å². The lowest BCUT2D eigenvalue weighted by molar-refractivity contribution is -0.115. The first-order chi connectivity index (χ1) is 13.4. The number of amides is 1. The standard InChI is InChI=1S/C18H17N3O5S2/c19-18-20-17(22)16(27-18)11-13-3-6-15(26-13)12-1-4-14(5-2-12)28(23,24)21-7-9-25-10-8-21/h1-6,11H,7-10H2,(H2,19,20,22)/b16-11-. The molecule has 1 amide bonds. The van der Waals surface area contributed by atoms with Crippen LogP contribution < -0.4 is 5.32 Å². The fourth-order valence-corrected chi connectivity index (χ4v) is 4.97. The van der Waals surface area contributed by atoms with Gasteiger partial charge in [-0.3, -0.25) is 10.2 Å². The van der Waals surface area contributed by atoms with E-state index in [1.54, 1.807) is 42.5 Å². The number of rotatable bonds is 4. The molecule has 4 rings (SSSR count). The van der Waals surface area contributed by atoms with Crippen LogP contribution in [-0.2, 0) is 19.6 Å². The van der Waals surface area contributed by atoms with Gasteiger partial charge < -0.3 is 14.5 Å².